The maximum absolute atomic E-state index is 12.1. The highest BCUT2D eigenvalue weighted by atomic mass is 32.2. The predicted octanol–water partition coefficient (Wildman–Crippen LogP) is 2.22. The standard InChI is InChI=1S/C14H20N2O2S/c1-11(17)15-13-8-6-5-7-12(13)14(18)19-10-9-16(2,3)4/h5-8H,9-10H2,1-4H3/p+1. The Morgan fingerprint density at radius 3 is 2.42 bits per heavy atom. The van der Waals surface area contributed by atoms with Gasteiger partial charge in [-0.15, -0.1) is 0 Å². The molecule has 0 saturated carbocycles. The number of para-hydroxylation sites is 1. The average molecular weight is 281 g/mol. The number of nitrogens with zero attached hydrogens (tertiary/aromatic N) is 1. The minimum absolute atomic E-state index is 0.00204. The molecule has 1 aromatic carbocycles. The smallest absolute Gasteiger partial charge is 0.221 e. The van der Waals surface area contributed by atoms with Crippen LogP contribution in [-0.4, -0.2) is 48.9 Å². The number of carbonyl (C=O) groups excluding carboxylic acids is 2. The fourth-order valence-electron chi connectivity index (χ4n) is 1.45. The second-order valence-electron chi connectivity index (χ2n) is 5.38. The summed E-state index contributed by atoms with van der Waals surface area (Å²) >= 11 is 1.29. The van der Waals surface area contributed by atoms with E-state index in [1.54, 1.807) is 24.3 Å². The Labute approximate surface area is 118 Å². The summed E-state index contributed by atoms with van der Waals surface area (Å²) in [5.74, 6) is 0.591. The van der Waals surface area contributed by atoms with Gasteiger partial charge in [0.25, 0.3) is 0 Å². The summed E-state index contributed by atoms with van der Waals surface area (Å²) in [5.41, 5.74) is 1.14. The fourth-order valence-corrected chi connectivity index (χ4v) is 2.61. The molecule has 0 aromatic heterocycles. The zero-order chi connectivity index (χ0) is 14.5. The molecule has 1 N–H and O–H groups in total. The summed E-state index contributed by atoms with van der Waals surface area (Å²) in [4.78, 5) is 23.2. The van der Waals surface area contributed by atoms with Crippen LogP contribution >= 0.6 is 11.8 Å². The summed E-state index contributed by atoms with van der Waals surface area (Å²) < 4.78 is 0.827. The van der Waals surface area contributed by atoms with Crippen LogP contribution in [0.4, 0.5) is 5.69 Å². The number of benzene rings is 1. The molecule has 0 saturated heterocycles. The number of rotatable bonds is 5. The lowest BCUT2D eigenvalue weighted by molar-refractivity contribution is -0.867. The lowest BCUT2D eigenvalue weighted by Crippen LogP contribution is -2.36. The number of amides is 1. The van der Waals surface area contributed by atoms with Crippen molar-refractivity contribution < 1.29 is 14.1 Å². The van der Waals surface area contributed by atoms with Crippen molar-refractivity contribution in [3.05, 3.63) is 29.8 Å². The van der Waals surface area contributed by atoms with Gasteiger partial charge in [-0.2, -0.15) is 0 Å². The van der Waals surface area contributed by atoms with Gasteiger partial charge < -0.3 is 9.80 Å². The van der Waals surface area contributed by atoms with Crippen LogP contribution in [-0.2, 0) is 4.79 Å². The molecule has 0 aliphatic rings. The van der Waals surface area contributed by atoms with Crippen molar-refractivity contribution in [2.24, 2.45) is 0 Å². The molecule has 1 rings (SSSR count). The number of quaternary nitrogens is 1. The quantitative estimate of drug-likeness (QED) is 0.842. The average Bonchev–Trinajstić information content (AvgIpc) is 2.27. The maximum Gasteiger partial charge on any atom is 0.221 e. The number of anilines is 1. The third-order valence-electron chi connectivity index (χ3n) is 2.45. The molecule has 0 fully saturated rings. The van der Waals surface area contributed by atoms with Crippen molar-refractivity contribution in [3.8, 4) is 0 Å². The second-order valence-corrected chi connectivity index (χ2v) is 6.44. The Morgan fingerprint density at radius 2 is 1.84 bits per heavy atom. The molecule has 0 aliphatic carbocycles. The van der Waals surface area contributed by atoms with Gasteiger partial charge in [0, 0.05) is 6.92 Å². The summed E-state index contributed by atoms with van der Waals surface area (Å²) in [5, 5.41) is 2.68. The van der Waals surface area contributed by atoms with Gasteiger partial charge >= 0.3 is 0 Å². The minimum atomic E-state index is -0.170. The third kappa shape index (κ3) is 5.89. The van der Waals surface area contributed by atoms with E-state index in [0.29, 0.717) is 11.3 Å². The summed E-state index contributed by atoms with van der Waals surface area (Å²) in [7, 11) is 6.28. The molecule has 0 radical (unpaired) electrons. The summed E-state index contributed by atoms with van der Waals surface area (Å²) in [6.45, 7) is 2.35. The zero-order valence-electron chi connectivity index (χ0n) is 11.9. The molecule has 5 heteroatoms. The van der Waals surface area contributed by atoms with Crippen molar-refractivity contribution in [2.75, 3.05) is 38.8 Å². The molecule has 4 nitrogen and oxygen atoms in total. The van der Waals surface area contributed by atoms with E-state index in [-0.39, 0.29) is 11.0 Å². The Kier molecular flexibility index (Phi) is 5.57. The molecule has 0 heterocycles. The van der Waals surface area contributed by atoms with Crippen molar-refractivity contribution in [1.29, 1.82) is 0 Å². The van der Waals surface area contributed by atoms with Crippen LogP contribution in [0, 0.1) is 0 Å². The van der Waals surface area contributed by atoms with Crippen LogP contribution in [0.1, 0.15) is 17.3 Å². The highest BCUT2D eigenvalue weighted by Crippen LogP contribution is 2.21. The predicted molar refractivity (Wildman–Crippen MR) is 80.4 cm³/mol. The van der Waals surface area contributed by atoms with E-state index in [4.69, 9.17) is 0 Å². The van der Waals surface area contributed by atoms with Crippen LogP contribution in [0.2, 0.25) is 0 Å². The molecular formula is C14H21N2O2S+. The Hall–Kier alpha value is -1.33. The van der Waals surface area contributed by atoms with Crippen molar-refractivity contribution >= 4 is 28.5 Å². The van der Waals surface area contributed by atoms with Gasteiger partial charge in [0.2, 0.25) is 11.0 Å². The van der Waals surface area contributed by atoms with Gasteiger partial charge in [0.05, 0.1) is 44.7 Å². The molecular weight excluding hydrogens is 260 g/mol. The molecule has 104 valence electrons. The van der Waals surface area contributed by atoms with Crippen molar-refractivity contribution in [3.63, 3.8) is 0 Å². The molecule has 1 aromatic rings. The number of nitrogens with one attached hydrogen (secondary N) is 1. The molecule has 19 heavy (non-hydrogen) atoms. The highest BCUT2D eigenvalue weighted by molar-refractivity contribution is 8.14. The summed E-state index contributed by atoms with van der Waals surface area (Å²) in [6, 6.07) is 7.10. The van der Waals surface area contributed by atoms with Crippen LogP contribution in [0.25, 0.3) is 0 Å². The molecule has 0 spiro atoms. The normalized spacial score (nSPS) is 11.2. The SMILES string of the molecule is CC(=O)Nc1ccccc1C(=O)SCC[N+](C)(C)C. The van der Waals surface area contributed by atoms with Crippen LogP contribution in [0.15, 0.2) is 24.3 Å². The molecule has 1 amide bonds. The van der Waals surface area contributed by atoms with Gasteiger partial charge in [0.15, 0.2) is 0 Å². The molecule has 0 atom stereocenters. The van der Waals surface area contributed by atoms with E-state index in [2.05, 4.69) is 26.5 Å². The first-order valence-electron chi connectivity index (χ1n) is 6.14. The molecule has 0 unspecified atom stereocenters. The van der Waals surface area contributed by atoms with Gasteiger partial charge in [0.1, 0.15) is 0 Å². The number of thioether (sulfide) groups is 1. The first kappa shape index (κ1) is 15.7. The van der Waals surface area contributed by atoms with Gasteiger partial charge in [-0.1, -0.05) is 23.9 Å². The van der Waals surface area contributed by atoms with Gasteiger partial charge in [-0.25, -0.2) is 0 Å². The van der Waals surface area contributed by atoms with E-state index in [0.717, 1.165) is 16.8 Å². The third-order valence-corrected chi connectivity index (χ3v) is 3.32. The summed E-state index contributed by atoms with van der Waals surface area (Å²) in [6.07, 6.45) is 0. The van der Waals surface area contributed by atoms with E-state index in [1.807, 2.05) is 0 Å². The Balaban J connectivity index is 2.69. The van der Waals surface area contributed by atoms with Gasteiger partial charge in [-0.05, 0) is 12.1 Å². The lowest BCUT2D eigenvalue weighted by Gasteiger charge is -2.23. The van der Waals surface area contributed by atoms with Crippen molar-refractivity contribution in [2.45, 2.75) is 6.92 Å². The largest absolute Gasteiger partial charge is 0.330 e. The zero-order valence-corrected chi connectivity index (χ0v) is 12.7. The van der Waals surface area contributed by atoms with Crippen LogP contribution in [0.5, 0.6) is 0 Å². The van der Waals surface area contributed by atoms with Crippen LogP contribution in [0.3, 0.4) is 0 Å². The Morgan fingerprint density at radius 1 is 1.21 bits per heavy atom. The van der Waals surface area contributed by atoms with E-state index < -0.39 is 0 Å². The molecule has 0 aliphatic heterocycles. The second kappa shape index (κ2) is 6.73. The molecule has 0 bridgehead atoms. The minimum Gasteiger partial charge on any atom is -0.330 e. The monoisotopic (exact) mass is 281 g/mol. The number of hydrogen-bond acceptors (Lipinski definition) is 3. The Bertz CT molecular complexity index is 467. The van der Waals surface area contributed by atoms with E-state index >= 15 is 0 Å². The fraction of sp³-hybridized carbons (Fsp3) is 0.429. The first-order valence-corrected chi connectivity index (χ1v) is 7.12. The highest BCUT2D eigenvalue weighted by Gasteiger charge is 2.14. The van der Waals surface area contributed by atoms with E-state index in [9.17, 15) is 9.59 Å². The topological polar surface area (TPSA) is 46.2 Å². The number of hydrogen-bond donors (Lipinski definition) is 1. The van der Waals surface area contributed by atoms with Crippen molar-refractivity contribution in [1.82, 2.24) is 0 Å². The van der Waals surface area contributed by atoms with Crippen LogP contribution < -0.4 is 5.32 Å². The lowest BCUT2D eigenvalue weighted by atomic mass is 10.2. The first-order chi connectivity index (χ1) is 8.79. The number of carbonyl (C=O) groups is 2. The maximum atomic E-state index is 12.1. The van der Waals surface area contributed by atoms with E-state index in [1.165, 1.54) is 18.7 Å². The van der Waals surface area contributed by atoms with Gasteiger partial charge in [-0.3, -0.25) is 9.59 Å².